The Morgan fingerprint density at radius 3 is 2.60 bits per heavy atom. The lowest BCUT2D eigenvalue weighted by atomic mass is 9.77. The molecule has 0 amide bonds. The third-order valence-electron chi connectivity index (χ3n) is 2.85. The van der Waals surface area contributed by atoms with E-state index in [1.807, 2.05) is 0 Å². The quantitative estimate of drug-likeness (QED) is 0.441. The summed E-state index contributed by atoms with van der Waals surface area (Å²) in [5, 5.41) is 0. The molecule has 4 atom stereocenters. The summed E-state index contributed by atoms with van der Waals surface area (Å²) in [6.07, 6.45) is -3.33. The van der Waals surface area contributed by atoms with Gasteiger partial charge in [-0.3, -0.25) is 14.4 Å². The lowest BCUT2D eigenvalue weighted by Gasteiger charge is -2.29. The first kappa shape index (κ1) is 10.2. The minimum absolute atomic E-state index is 0.281. The van der Waals surface area contributed by atoms with Crippen LogP contribution in [0.3, 0.4) is 0 Å². The van der Waals surface area contributed by atoms with Gasteiger partial charge in [0.05, 0.1) is 5.92 Å². The van der Waals surface area contributed by atoms with Gasteiger partial charge in [0, 0.05) is 13.5 Å². The van der Waals surface area contributed by atoms with Gasteiger partial charge in [-0.05, 0) is 0 Å². The van der Waals surface area contributed by atoms with Gasteiger partial charge in [-0.25, -0.2) is 4.39 Å². The first-order chi connectivity index (χ1) is 7.06. The highest BCUT2D eigenvalue weighted by Gasteiger charge is 2.56. The molecule has 1 aliphatic carbocycles. The number of fused-ring (bicyclic) bond motifs is 1. The fourth-order valence-electron chi connectivity index (χ4n) is 2.09. The van der Waals surface area contributed by atoms with E-state index in [1.54, 1.807) is 0 Å². The zero-order valence-electron chi connectivity index (χ0n) is 7.94. The molecule has 5 nitrogen and oxygen atoms in total. The number of carbonyl (C=O) groups is 3. The zero-order valence-corrected chi connectivity index (χ0v) is 7.94. The van der Waals surface area contributed by atoms with E-state index in [4.69, 9.17) is 4.74 Å². The van der Waals surface area contributed by atoms with Crippen molar-refractivity contribution in [2.45, 2.75) is 18.7 Å². The van der Waals surface area contributed by atoms with E-state index in [2.05, 4.69) is 4.74 Å². The Balaban J connectivity index is 2.33. The first-order valence-corrected chi connectivity index (χ1v) is 4.51. The molecule has 82 valence electrons. The van der Waals surface area contributed by atoms with Crippen LogP contribution in [-0.4, -0.2) is 37.1 Å². The number of cyclic esters (lactones) is 2. The number of carbonyl (C=O) groups excluding carboxylic acids is 3. The van der Waals surface area contributed by atoms with Gasteiger partial charge in [-0.1, -0.05) is 0 Å². The van der Waals surface area contributed by atoms with Crippen LogP contribution in [-0.2, 0) is 23.9 Å². The summed E-state index contributed by atoms with van der Waals surface area (Å²) in [6, 6.07) is 0. The third-order valence-corrected chi connectivity index (χ3v) is 2.85. The van der Waals surface area contributed by atoms with Gasteiger partial charge in [0.25, 0.3) is 0 Å². The van der Waals surface area contributed by atoms with E-state index in [0.29, 0.717) is 0 Å². The Labute approximate surface area is 84.5 Å². The number of hydrogen-bond donors (Lipinski definition) is 0. The Kier molecular flexibility index (Phi) is 2.30. The molecule has 0 unspecified atom stereocenters. The van der Waals surface area contributed by atoms with Crippen molar-refractivity contribution in [1.82, 2.24) is 0 Å². The third kappa shape index (κ3) is 1.36. The molecule has 2 rings (SSSR count). The molecule has 0 aromatic carbocycles. The number of Topliss-reactive ketones (excluding diaryl/α,β-unsaturated/α-hetero) is 1. The van der Waals surface area contributed by atoms with Crippen molar-refractivity contribution in [2.24, 2.45) is 11.8 Å². The smallest absolute Gasteiger partial charge is 0.320 e. The Hall–Kier alpha value is -1.30. The van der Waals surface area contributed by atoms with Crippen LogP contribution in [0, 0.1) is 11.8 Å². The minimum atomic E-state index is -1.85. The fraction of sp³-hybridized carbons (Fsp3) is 0.667. The molecule has 2 fully saturated rings. The van der Waals surface area contributed by atoms with Crippen LogP contribution in [0.5, 0.6) is 0 Å². The van der Waals surface area contributed by atoms with Gasteiger partial charge >= 0.3 is 11.9 Å². The normalized spacial score (nSPS) is 40.3. The number of ketones is 1. The van der Waals surface area contributed by atoms with Crippen LogP contribution in [0.25, 0.3) is 0 Å². The molecule has 6 heteroatoms. The molecule has 2 aliphatic rings. The minimum Gasteiger partial charge on any atom is -0.393 e. The van der Waals surface area contributed by atoms with Crippen molar-refractivity contribution in [3.63, 3.8) is 0 Å². The van der Waals surface area contributed by atoms with E-state index < -0.39 is 41.8 Å². The summed E-state index contributed by atoms with van der Waals surface area (Å²) in [5.41, 5.74) is 0. The first-order valence-electron chi connectivity index (χ1n) is 4.51. The maximum Gasteiger partial charge on any atom is 0.320 e. The molecule has 1 heterocycles. The van der Waals surface area contributed by atoms with Gasteiger partial charge in [0.1, 0.15) is 12.0 Å². The number of methoxy groups -OCH3 is 1. The van der Waals surface area contributed by atoms with Gasteiger partial charge in [-0.15, -0.1) is 0 Å². The molecule has 0 radical (unpaired) electrons. The highest BCUT2D eigenvalue weighted by Crippen LogP contribution is 2.37. The molecule has 0 spiro atoms. The van der Waals surface area contributed by atoms with Crippen LogP contribution in [0.1, 0.15) is 6.42 Å². The molecule has 1 saturated carbocycles. The van der Waals surface area contributed by atoms with Gasteiger partial charge in [0.15, 0.2) is 12.0 Å². The van der Waals surface area contributed by atoms with Crippen LogP contribution < -0.4 is 0 Å². The predicted octanol–water partition coefficient (Wildman–Crippen LogP) is -0.372. The average molecular weight is 216 g/mol. The van der Waals surface area contributed by atoms with Crippen LogP contribution >= 0.6 is 0 Å². The highest BCUT2D eigenvalue weighted by molar-refractivity contribution is 6.02. The van der Waals surface area contributed by atoms with Crippen molar-refractivity contribution in [3.05, 3.63) is 0 Å². The summed E-state index contributed by atoms with van der Waals surface area (Å²) in [7, 11) is 1.20. The number of esters is 2. The van der Waals surface area contributed by atoms with Crippen molar-refractivity contribution in [2.75, 3.05) is 7.11 Å². The Morgan fingerprint density at radius 2 is 2.00 bits per heavy atom. The molecule has 0 aromatic rings. The topological polar surface area (TPSA) is 69.7 Å². The lowest BCUT2D eigenvalue weighted by molar-refractivity contribution is -0.155. The van der Waals surface area contributed by atoms with Gasteiger partial charge in [0.2, 0.25) is 0 Å². The van der Waals surface area contributed by atoms with Crippen LogP contribution in [0.2, 0.25) is 0 Å². The van der Waals surface area contributed by atoms with Crippen molar-refractivity contribution in [1.29, 1.82) is 0 Å². The molecular formula is C9H9FO5. The fourth-order valence-corrected chi connectivity index (χ4v) is 2.09. The molecule has 0 N–H and O–H groups in total. The maximum atomic E-state index is 13.4. The number of halogens is 1. The second kappa shape index (κ2) is 3.37. The van der Waals surface area contributed by atoms with Gasteiger partial charge < -0.3 is 9.47 Å². The Bertz CT molecular complexity index is 339. The zero-order chi connectivity index (χ0) is 11.2. The van der Waals surface area contributed by atoms with E-state index >= 15 is 0 Å². The number of hydrogen-bond acceptors (Lipinski definition) is 5. The van der Waals surface area contributed by atoms with E-state index in [9.17, 15) is 18.8 Å². The summed E-state index contributed by atoms with van der Waals surface area (Å²) in [5.74, 6) is -4.12. The van der Waals surface area contributed by atoms with Crippen molar-refractivity contribution in [3.8, 4) is 0 Å². The van der Waals surface area contributed by atoms with E-state index in [-0.39, 0.29) is 6.42 Å². The highest BCUT2D eigenvalue weighted by atomic mass is 19.1. The summed E-state index contributed by atoms with van der Waals surface area (Å²) in [4.78, 5) is 33.6. The molecular weight excluding hydrogens is 207 g/mol. The predicted molar refractivity (Wildman–Crippen MR) is 43.4 cm³/mol. The van der Waals surface area contributed by atoms with E-state index in [1.165, 1.54) is 7.11 Å². The number of alkyl halides is 1. The van der Waals surface area contributed by atoms with Gasteiger partial charge in [-0.2, -0.15) is 0 Å². The molecule has 0 bridgehead atoms. The maximum absolute atomic E-state index is 13.4. The second-order valence-electron chi connectivity index (χ2n) is 3.64. The Morgan fingerprint density at radius 1 is 1.33 bits per heavy atom. The summed E-state index contributed by atoms with van der Waals surface area (Å²) < 4.78 is 22.5. The second-order valence-corrected chi connectivity index (χ2v) is 3.64. The van der Waals surface area contributed by atoms with Crippen molar-refractivity contribution >= 4 is 17.7 Å². The molecule has 1 aliphatic heterocycles. The molecule has 0 aromatic heterocycles. The number of ether oxygens (including phenoxy) is 2. The van der Waals surface area contributed by atoms with Crippen LogP contribution in [0.15, 0.2) is 0 Å². The standard InChI is InChI=1S/C9H9FO5/c1-14-7-5-3(2-4(11)6(7)10)8(12)15-9(5)13/h3,5-7H,2H2,1H3/t3-,5-,6+,7-/m1/s1. The van der Waals surface area contributed by atoms with Crippen molar-refractivity contribution < 1.29 is 28.2 Å². The van der Waals surface area contributed by atoms with E-state index in [0.717, 1.165) is 0 Å². The monoisotopic (exact) mass is 216 g/mol. The summed E-state index contributed by atoms with van der Waals surface area (Å²) >= 11 is 0. The average Bonchev–Trinajstić information content (AvgIpc) is 2.45. The van der Waals surface area contributed by atoms with Crippen LogP contribution in [0.4, 0.5) is 4.39 Å². The SMILES string of the molecule is CO[C@@H]1[C@@H]2C(=O)OC(=O)[C@@H]2CC(=O)[C@@H]1F. The molecule has 1 saturated heterocycles. The largest absolute Gasteiger partial charge is 0.393 e. The lowest BCUT2D eigenvalue weighted by Crippen LogP contribution is -2.48. The number of rotatable bonds is 1. The summed E-state index contributed by atoms with van der Waals surface area (Å²) in [6.45, 7) is 0. The molecule has 15 heavy (non-hydrogen) atoms.